The van der Waals surface area contributed by atoms with E-state index in [1.54, 1.807) is 11.3 Å². The lowest BCUT2D eigenvalue weighted by atomic mass is 10.3. The Labute approximate surface area is 91.0 Å². The maximum Gasteiger partial charge on any atom is 0.321 e. The van der Waals surface area contributed by atoms with Crippen LogP contribution in [0, 0.1) is 6.92 Å². The Morgan fingerprint density at radius 1 is 1.33 bits per heavy atom. The zero-order chi connectivity index (χ0) is 10.8. The third-order valence-corrected chi connectivity index (χ3v) is 2.89. The van der Waals surface area contributed by atoms with Crippen molar-refractivity contribution in [1.29, 1.82) is 0 Å². The molecular formula is C9H10N4OS. The Balaban J connectivity index is 2.53. The van der Waals surface area contributed by atoms with Crippen molar-refractivity contribution >= 4 is 17.3 Å². The van der Waals surface area contributed by atoms with E-state index in [0.717, 1.165) is 10.4 Å². The van der Waals surface area contributed by atoms with Crippen LogP contribution in [0.4, 0.5) is 5.95 Å². The molecule has 0 saturated carbocycles. The van der Waals surface area contributed by atoms with Crippen LogP contribution in [0.3, 0.4) is 0 Å². The van der Waals surface area contributed by atoms with Crippen LogP contribution in [0.25, 0.3) is 10.7 Å². The molecule has 0 atom stereocenters. The summed E-state index contributed by atoms with van der Waals surface area (Å²) >= 11 is 1.57. The van der Waals surface area contributed by atoms with Crippen LogP contribution >= 0.6 is 11.3 Å². The molecular weight excluding hydrogens is 212 g/mol. The number of anilines is 1. The minimum absolute atomic E-state index is 0.171. The molecule has 0 unspecified atom stereocenters. The first-order valence-electron chi connectivity index (χ1n) is 4.30. The van der Waals surface area contributed by atoms with E-state index in [1.165, 1.54) is 7.11 Å². The highest BCUT2D eigenvalue weighted by atomic mass is 32.1. The van der Waals surface area contributed by atoms with Crippen molar-refractivity contribution in [3.8, 4) is 16.7 Å². The number of aryl methyl sites for hydroxylation is 1. The van der Waals surface area contributed by atoms with Crippen LogP contribution in [-0.2, 0) is 0 Å². The van der Waals surface area contributed by atoms with Gasteiger partial charge < -0.3 is 10.5 Å². The molecule has 0 amide bonds. The molecule has 0 aliphatic carbocycles. The summed E-state index contributed by atoms with van der Waals surface area (Å²) in [5, 5.41) is 1.98. The van der Waals surface area contributed by atoms with E-state index < -0.39 is 0 Å². The number of ether oxygens (including phenoxy) is 1. The molecule has 15 heavy (non-hydrogen) atoms. The number of thiophene rings is 1. The monoisotopic (exact) mass is 222 g/mol. The first-order chi connectivity index (χ1) is 7.20. The van der Waals surface area contributed by atoms with E-state index >= 15 is 0 Å². The molecule has 2 aromatic heterocycles. The van der Waals surface area contributed by atoms with Gasteiger partial charge in [-0.15, -0.1) is 11.3 Å². The smallest absolute Gasteiger partial charge is 0.321 e. The zero-order valence-corrected chi connectivity index (χ0v) is 9.21. The molecule has 0 fully saturated rings. The first-order valence-corrected chi connectivity index (χ1v) is 5.18. The third kappa shape index (κ3) is 1.89. The normalized spacial score (nSPS) is 10.3. The molecule has 2 N–H and O–H groups in total. The number of hydrogen-bond donors (Lipinski definition) is 1. The van der Waals surface area contributed by atoms with E-state index in [0.29, 0.717) is 5.82 Å². The van der Waals surface area contributed by atoms with E-state index in [1.807, 2.05) is 18.4 Å². The lowest BCUT2D eigenvalue weighted by Gasteiger charge is -2.02. The second-order valence-corrected chi connectivity index (χ2v) is 3.85. The number of methoxy groups -OCH3 is 1. The lowest BCUT2D eigenvalue weighted by molar-refractivity contribution is 0.379. The molecule has 0 bridgehead atoms. The van der Waals surface area contributed by atoms with Gasteiger partial charge in [0.05, 0.1) is 12.0 Å². The Hall–Kier alpha value is -1.69. The third-order valence-electron chi connectivity index (χ3n) is 1.88. The summed E-state index contributed by atoms with van der Waals surface area (Å²) < 4.78 is 4.94. The summed E-state index contributed by atoms with van der Waals surface area (Å²) in [6.07, 6.45) is 0. The Kier molecular flexibility index (Phi) is 2.51. The number of nitrogen functional groups attached to an aromatic ring is 1. The number of nitrogens with two attached hydrogens (primary N) is 1. The van der Waals surface area contributed by atoms with Crippen LogP contribution in [0.1, 0.15) is 5.56 Å². The summed E-state index contributed by atoms with van der Waals surface area (Å²) in [6, 6.07) is 2.25. The van der Waals surface area contributed by atoms with Crippen molar-refractivity contribution in [2.75, 3.05) is 12.8 Å². The molecule has 0 radical (unpaired) electrons. The van der Waals surface area contributed by atoms with Gasteiger partial charge in [-0.3, -0.25) is 0 Å². The highest BCUT2D eigenvalue weighted by Gasteiger charge is 2.10. The summed E-state index contributed by atoms with van der Waals surface area (Å²) in [6.45, 7) is 2.00. The molecule has 0 aliphatic heterocycles. The fourth-order valence-electron chi connectivity index (χ4n) is 1.17. The quantitative estimate of drug-likeness (QED) is 0.833. The predicted molar refractivity (Wildman–Crippen MR) is 58.8 cm³/mol. The van der Waals surface area contributed by atoms with Crippen molar-refractivity contribution in [3.05, 3.63) is 17.0 Å². The fraction of sp³-hybridized carbons (Fsp3) is 0.222. The largest absolute Gasteiger partial charge is 0.467 e. The van der Waals surface area contributed by atoms with Crippen LogP contribution in [-0.4, -0.2) is 22.1 Å². The average molecular weight is 222 g/mol. The van der Waals surface area contributed by atoms with Crippen molar-refractivity contribution in [1.82, 2.24) is 15.0 Å². The van der Waals surface area contributed by atoms with Gasteiger partial charge in [-0.25, -0.2) is 0 Å². The van der Waals surface area contributed by atoms with Gasteiger partial charge in [0.15, 0.2) is 5.82 Å². The highest BCUT2D eigenvalue weighted by Crippen LogP contribution is 2.26. The van der Waals surface area contributed by atoms with E-state index in [9.17, 15) is 0 Å². The first kappa shape index (κ1) is 9.85. The highest BCUT2D eigenvalue weighted by molar-refractivity contribution is 7.13. The average Bonchev–Trinajstić information content (AvgIpc) is 2.63. The SMILES string of the molecule is COc1nc(N)nc(-c2sccc2C)n1. The topological polar surface area (TPSA) is 73.9 Å². The summed E-state index contributed by atoms with van der Waals surface area (Å²) in [7, 11) is 1.50. The summed E-state index contributed by atoms with van der Waals surface area (Å²) in [4.78, 5) is 13.0. The van der Waals surface area contributed by atoms with Crippen molar-refractivity contribution in [3.63, 3.8) is 0 Å². The van der Waals surface area contributed by atoms with Gasteiger partial charge in [-0.05, 0) is 23.9 Å². The molecule has 78 valence electrons. The van der Waals surface area contributed by atoms with Crippen LogP contribution in [0.15, 0.2) is 11.4 Å². The minimum atomic E-state index is 0.171. The van der Waals surface area contributed by atoms with Gasteiger partial charge in [0.1, 0.15) is 0 Å². The number of hydrogen-bond acceptors (Lipinski definition) is 6. The second-order valence-electron chi connectivity index (χ2n) is 2.94. The molecule has 0 aliphatic rings. The molecule has 0 spiro atoms. The Bertz CT molecular complexity index is 483. The van der Waals surface area contributed by atoms with E-state index in [4.69, 9.17) is 10.5 Å². The predicted octanol–water partition coefficient (Wildman–Crippen LogP) is 1.50. The molecule has 0 saturated heterocycles. The molecule has 5 nitrogen and oxygen atoms in total. The van der Waals surface area contributed by atoms with Crippen LogP contribution < -0.4 is 10.5 Å². The number of rotatable bonds is 2. The fourth-order valence-corrected chi connectivity index (χ4v) is 2.03. The van der Waals surface area contributed by atoms with Crippen LogP contribution in [0.5, 0.6) is 6.01 Å². The number of aromatic nitrogens is 3. The van der Waals surface area contributed by atoms with Crippen LogP contribution in [0.2, 0.25) is 0 Å². The van der Waals surface area contributed by atoms with E-state index in [2.05, 4.69) is 15.0 Å². The van der Waals surface area contributed by atoms with Gasteiger partial charge in [-0.2, -0.15) is 15.0 Å². The summed E-state index contributed by atoms with van der Waals surface area (Å²) in [5.41, 5.74) is 6.67. The maximum atomic E-state index is 5.55. The van der Waals surface area contributed by atoms with Crippen molar-refractivity contribution < 1.29 is 4.74 Å². The zero-order valence-electron chi connectivity index (χ0n) is 8.39. The standard InChI is InChI=1S/C9H10N4OS/c1-5-3-4-15-6(5)7-11-8(10)13-9(12-7)14-2/h3-4H,1-2H3,(H2,10,11,12,13). The van der Waals surface area contributed by atoms with Gasteiger partial charge in [-0.1, -0.05) is 0 Å². The molecule has 6 heteroatoms. The van der Waals surface area contributed by atoms with Gasteiger partial charge in [0.25, 0.3) is 0 Å². The maximum absolute atomic E-state index is 5.55. The Morgan fingerprint density at radius 2 is 2.13 bits per heavy atom. The minimum Gasteiger partial charge on any atom is -0.467 e. The molecule has 2 aromatic rings. The molecule has 2 rings (SSSR count). The Morgan fingerprint density at radius 3 is 2.73 bits per heavy atom. The number of nitrogens with zero attached hydrogens (tertiary/aromatic N) is 3. The molecule has 2 heterocycles. The van der Waals surface area contributed by atoms with Gasteiger partial charge >= 0.3 is 6.01 Å². The van der Waals surface area contributed by atoms with Crippen molar-refractivity contribution in [2.24, 2.45) is 0 Å². The molecule has 0 aromatic carbocycles. The second kappa shape index (κ2) is 3.82. The summed E-state index contributed by atoms with van der Waals surface area (Å²) in [5.74, 6) is 0.733. The lowest BCUT2D eigenvalue weighted by Crippen LogP contribution is -2.02. The van der Waals surface area contributed by atoms with Crippen molar-refractivity contribution in [2.45, 2.75) is 6.92 Å². The van der Waals surface area contributed by atoms with E-state index in [-0.39, 0.29) is 12.0 Å². The van der Waals surface area contributed by atoms with Gasteiger partial charge in [0.2, 0.25) is 5.95 Å². The van der Waals surface area contributed by atoms with Gasteiger partial charge in [0, 0.05) is 0 Å².